The monoisotopic (exact) mass is 312 g/mol. The lowest BCUT2D eigenvalue weighted by Crippen LogP contribution is -2.11. The molecule has 3 nitrogen and oxygen atoms in total. The van der Waals surface area contributed by atoms with Gasteiger partial charge in [0.1, 0.15) is 35.4 Å². The van der Waals surface area contributed by atoms with Crippen LogP contribution in [0.3, 0.4) is 0 Å². The number of benzene rings is 2. The number of halogens is 4. The first-order valence-electron chi connectivity index (χ1n) is 5.99. The van der Waals surface area contributed by atoms with E-state index in [9.17, 15) is 27.2 Å². The van der Waals surface area contributed by atoms with Crippen molar-refractivity contribution in [1.82, 2.24) is 0 Å². The Labute approximate surface area is 122 Å². The average molecular weight is 312 g/mol. The Morgan fingerprint density at radius 1 is 1.00 bits per heavy atom. The van der Waals surface area contributed by atoms with Gasteiger partial charge in [0, 0.05) is 5.56 Å². The summed E-state index contributed by atoms with van der Waals surface area (Å²) >= 11 is 0. The molecule has 7 heteroatoms. The zero-order chi connectivity index (χ0) is 16.3. The van der Waals surface area contributed by atoms with Crippen molar-refractivity contribution < 1.29 is 31.9 Å². The molecule has 0 saturated heterocycles. The van der Waals surface area contributed by atoms with Crippen LogP contribution in [0.25, 0.3) is 0 Å². The molecule has 22 heavy (non-hydrogen) atoms. The number of ether oxygens (including phenoxy) is 1. The predicted molar refractivity (Wildman–Crippen MR) is 67.2 cm³/mol. The molecule has 114 valence electrons. The van der Waals surface area contributed by atoms with Gasteiger partial charge in [-0.2, -0.15) is 0 Å². The van der Waals surface area contributed by atoms with Crippen LogP contribution >= 0.6 is 0 Å². The van der Waals surface area contributed by atoms with Crippen LogP contribution in [-0.2, 0) is 11.3 Å². The Morgan fingerprint density at radius 3 is 2.23 bits per heavy atom. The van der Waals surface area contributed by atoms with Gasteiger partial charge in [0.25, 0.3) is 0 Å². The van der Waals surface area contributed by atoms with E-state index in [1.54, 1.807) is 0 Å². The second kappa shape index (κ2) is 6.38. The Hall–Kier alpha value is -2.70. The van der Waals surface area contributed by atoms with Gasteiger partial charge in [-0.1, -0.05) is 6.07 Å². The standard InChI is InChI=1S/C15H8F4O3/c16-10-5-4-8(14(19)9(10)6-20)7-22-15(21)13-11(17)2-1-3-12(13)18/h1-6H,7H2. The number of carbonyl (C=O) groups excluding carboxylic acids is 2. The Kier molecular flexibility index (Phi) is 4.55. The molecule has 0 aliphatic rings. The molecule has 0 spiro atoms. The minimum Gasteiger partial charge on any atom is -0.457 e. The molecule has 0 fully saturated rings. The van der Waals surface area contributed by atoms with Crippen molar-refractivity contribution in [3.05, 3.63) is 70.3 Å². The minimum absolute atomic E-state index is 0.0213. The fraction of sp³-hybridized carbons (Fsp3) is 0.0667. The summed E-state index contributed by atoms with van der Waals surface area (Å²) in [5.74, 6) is -5.86. The predicted octanol–water partition coefficient (Wildman–Crippen LogP) is 3.41. The zero-order valence-corrected chi connectivity index (χ0v) is 10.9. The van der Waals surface area contributed by atoms with Crippen molar-refractivity contribution in [3.63, 3.8) is 0 Å². The van der Waals surface area contributed by atoms with E-state index in [4.69, 9.17) is 0 Å². The van der Waals surface area contributed by atoms with E-state index in [1.165, 1.54) is 0 Å². The maximum absolute atomic E-state index is 13.7. The third-order valence-corrected chi connectivity index (χ3v) is 2.85. The summed E-state index contributed by atoms with van der Waals surface area (Å²) in [5, 5.41) is 0. The highest BCUT2D eigenvalue weighted by atomic mass is 19.1. The van der Waals surface area contributed by atoms with Crippen LogP contribution in [0.1, 0.15) is 26.3 Å². The average Bonchev–Trinajstić information content (AvgIpc) is 2.47. The summed E-state index contributed by atoms with van der Waals surface area (Å²) in [4.78, 5) is 22.2. The van der Waals surface area contributed by atoms with Crippen molar-refractivity contribution in [2.45, 2.75) is 6.61 Å². The minimum atomic E-state index is -1.34. The maximum atomic E-state index is 13.7. The molecule has 0 heterocycles. The molecule has 0 N–H and O–H groups in total. The molecular weight excluding hydrogens is 304 g/mol. The van der Waals surface area contributed by atoms with Gasteiger partial charge in [-0.25, -0.2) is 22.4 Å². The molecule has 0 amide bonds. The molecule has 0 bridgehead atoms. The molecule has 0 saturated carbocycles. The zero-order valence-electron chi connectivity index (χ0n) is 10.9. The third kappa shape index (κ3) is 2.98. The molecule has 0 radical (unpaired) electrons. The van der Waals surface area contributed by atoms with Gasteiger partial charge in [0.15, 0.2) is 6.29 Å². The maximum Gasteiger partial charge on any atom is 0.344 e. The number of aldehydes is 1. The van der Waals surface area contributed by atoms with Crippen molar-refractivity contribution >= 4 is 12.3 Å². The van der Waals surface area contributed by atoms with E-state index in [1.807, 2.05) is 0 Å². The number of carbonyl (C=O) groups is 2. The molecule has 0 aliphatic carbocycles. The van der Waals surface area contributed by atoms with Crippen molar-refractivity contribution in [2.24, 2.45) is 0 Å². The van der Waals surface area contributed by atoms with Crippen LogP contribution in [0.4, 0.5) is 17.6 Å². The lowest BCUT2D eigenvalue weighted by Gasteiger charge is -2.08. The van der Waals surface area contributed by atoms with E-state index in [0.717, 1.165) is 30.3 Å². The number of hydrogen-bond acceptors (Lipinski definition) is 3. The summed E-state index contributed by atoms with van der Waals surface area (Å²) < 4.78 is 58.2. The largest absolute Gasteiger partial charge is 0.457 e. The van der Waals surface area contributed by atoms with Crippen molar-refractivity contribution in [3.8, 4) is 0 Å². The van der Waals surface area contributed by atoms with Gasteiger partial charge in [-0.15, -0.1) is 0 Å². The van der Waals surface area contributed by atoms with Crippen molar-refractivity contribution in [2.75, 3.05) is 0 Å². The fourth-order valence-electron chi connectivity index (χ4n) is 1.74. The van der Waals surface area contributed by atoms with Gasteiger partial charge in [-0.3, -0.25) is 4.79 Å². The van der Waals surface area contributed by atoms with Crippen LogP contribution in [0.5, 0.6) is 0 Å². The molecule has 2 rings (SSSR count). The first kappa shape index (κ1) is 15.7. The third-order valence-electron chi connectivity index (χ3n) is 2.85. The Morgan fingerprint density at radius 2 is 1.64 bits per heavy atom. The van der Waals surface area contributed by atoms with Gasteiger partial charge in [0.05, 0.1) is 5.56 Å². The van der Waals surface area contributed by atoms with Crippen LogP contribution in [0.15, 0.2) is 30.3 Å². The van der Waals surface area contributed by atoms with Crippen LogP contribution in [0.2, 0.25) is 0 Å². The van der Waals surface area contributed by atoms with Gasteiger partial charge < -0.3 is 4.74 Å². The molecular formula is C15H8F4O3. The normalized spacial score (nSPS) is 10.4. The van der Waals surface area contributed by atoms with Crippen LogP contribution in [0, 0.1) is 23.3 Å². The highest BCUT2D eigenvalue weighted by Gasteiger charge is 2.20. The second-order valence-electron chi connectivity index (χ2n) is 4.22. The van der Waals surface area contributed by atoms with Crippen LogP contribution < -0.4 is 0 Å². The van der Waals surface area contributed by atoms with E-state index in [2.05, 4.69) is 4.74 Å². The van der Waals surface area contributed by atoms with Gasteiger partial charge in [-0.05, 0) is 24.3 Å². The van der Waals surface area contributed by atoms with Gasteiger partial charge >= 0.3 is 5.97 Å². The molecule has 0 aliphatic heterocycles. The molecule has 2 aromatic rings. The molecule has 2 aromatic carbocycles. The SMILES string of the molecule is O=Cc1c(F)ccc(COC(=O)c2c(F)cccc2F)c1F. The second-order valence-corrected chi connectivity index (χ2v) is 4.22. The summed E-state index contributed by atoms with van der Waals surface area (Å²) in [7, 11) is 0. The number of hydrogen-bond donors (Lipinski definition) is 0. The topological polar surface area (TPSA) is 43.4 Å². The van der Waals surface area contributed by atoms with Crippen molar-refractivity contribution in [1.29, 1.82) is 0 Å². The summed E-state index contributed by atoms with van der Waals surface area (Å²) in [6, 6.07) is 4.57. The lowest BCUT2D eigenvalue weighted by atomic mass is 10.1. The number of rotatable bonds is 4. The van der Waals surface area contributed by atoms with E-state index in [0.29, 0.717) is 0 Å². The first-order chi connectivity index (χ1) is 10.5. The van der Waals surface area contributed by atoms with E-state index >= 15 is 0 Å². The number of esters is 1. The molecule has 0 atom stereocenters. The summed E-state index contributed by atoms with van der Waals surface area (Å²) in [5.41, 5.74) is -2.03. The van der Waals surface area contributed by atoms with Crippen LogP contribution in [-0.4, -0.2) is 12.3 Å². The van der Waals surface area contributed by atoms with Gasteiger partial charge in [0.2, 0.25) is 0 Å². The van der Waals surface area contributed by atoms with E-state index < -0.39 is 47.0 Å². The quantitative estimate of drug-likeness (QED) is 0.494. The smallest absolute Gasteiger partial charge is 0.344 e. The first-order valence-corrected chi connectivity index (χ1v) is 5.99. The highest BCUT2D eigenvalue weighted by Crippen LogP contribution is 2.18. The summed E-state index contributed by atoms with van der Waals surface area (Å²) in [6.45, 7) is -0.709. The highest BCUT2D eigenvalue weighted by molar-refractivity contribution is 5.90. The molecule has 0 aromatic heterocycles. The van der Waals surface area contributed by atoms with E-state index in [-0.39, 0.29) is 11.8 Å². The Balaban J connectivity index is 2.20. The fourth-order valence-corrected chi connectivity index (χ4v) is 1.74. The summed E-state index contributed by atoms with van der Waals surface area (Å²) in [6.07, 6.45) is -0.0213. The molecule has 0 unspecified atom stereocenters. The Bertz CT molecular complexity index is 724. The lowest BCUT2D eigenvalue weighted by molar-refractivity contribution is 0.0457.